The van der Waals surface area contributed by atoms with Gasteiger partial charge in [0.25, 0.3) is 5.69 Å². The molecule has 0 spiro atoms. The predicted octanol–water partition coefficient (Wildman–Crippen LogP) is -0.513. The van der Waals surface area contributed by atoms with Gasteiger partial charge in [0, 0.05) is 6.07 Å². The topological polar surface area (TPSA) is 133 Å². The molecule has 1 fully saturated rings. The molecule has 8 nitrogen and oxygen atoms in total. The van der Waals surface area contributed by atoms with E-state index in [9.17, 15) is 25.4 Å². The van der Waals surface area contributed by atoms with Gasteiger partial charge in [0.2, 0.25) is 0 Å². The van der Waals surface area contributed by atoms with Crippen LogP contribution in [-0.2, 0) is 4.74 Å². The highest BCUT2D eigenvalue weighted by molar-refractivity contribution is 8.00. The smallest absolute Gasteiger partial charge is 0.282 e. The lowest BCUT2D eigenvalue weighted by Gasteiger charge is -2.39. The van der Waals surface area contributed by atoms with E-state index in [0.717, 1.165) is 11.8 Å². The average molecular weight is 317 g/mol. The maximum absolute atomic E-state index is 10.9. The van der Waals surface area contributed by atoms with Gasteiger partial charge >= 0.3 is 0 Å². The second kappa shape index (κ2) is 6.69. The molecular formula is C12H15NO7S. The first kappa shape index (κ1) is 16.1. The summed E-state index contributed by atoms with van der Waals surface area (Å²) in [5, 5.41) is 49.3. The van der Waals surface area contributed by atoms with Crippen LogP contribution in [-0.4, -0.2) is 61.8 Å². The van der Waals surface area contributed by atoms with Gasteiger partial charge in [-0.15, -0.1) is 0 Å². The summed E-state index contributed by atoms with van der Waals surface area (Å²) in [7, 11) is 0. The molecular weight excluding hydrogens is 302 g/mol. The quantitative estimate of drug-likeness (QED) is 0.431. The fourth-order valence-electron chi connectivity index (χ4n) is 2.00. The molecule has 4 N–H and O–H groups in total. The minimum atomic E-state index is -1.50. The molecule has 0 radical (unpaired) electrons. The number of aliphatic hydroxyl groups is 4. The number of hydrogen-bond acceptors (Lipinski definition) is 8. The summed E-state index contributed by atoms with van der Waals surface area (Å²) in [6.45, 7) is -0.543. The molecule has 1 heterocycles. The van der Waals surface area contributed by atoms with Crippen molar-refractivity contribution in [3.05, 3.63) is 34.4 Å². The molecule has 0 bridgehead atoms. The maximum Gasteiger partial charge on any atom is 0.282 e. The van der Waals surface area contributed by atoms with Crippen LogP contribution in [0.15, 0.2) is 29.2 Å². The summed E-state index contributed by atoms with van der Waals surface area (Å²) in [4.78, 5) is 10.6. The number of benzene rings is 1. The van der Waals surface area contributed by atoms with Gasteiger partial charge in [0.05, 0.1) is 16.4 Å². The molecule has 0 saturated carbocycles. The van der Waals surface area contributed by atoms with Gasteiger partial charge in [-0.05, 0) is 6.07 Å². The van der Waals surface area contributed by atoms with Gasteiger partial charge < -0.3 is 25.2 Å². The number of ether oxygens (including phenoxy) is 1. The Morgan fingerprint density at radius 1 is 1.19 bits per heavy atom. The molecule has 0 amide bonds. The van der Waals surface area contributed by atoms with E-state index in [4.69, 9.17) is 9.84 Å². The summed E-state index contributed by atoms with van der Waals surface area (Å²) in [6, 6.07) is 5.91. The van der Waals surface area contributed by atoms with Crippen molar-refractivity contribution in [3.63, 3.8) is 0 Å². The van der Waals surface area contributed by atoms with Crippen molar-refractivity contribution in [2.45, 2.75) is 34.7 Å². The Labute approximate surface area is 124 Å². The van der Waals surface area contributed by atoms with Gasteiger partial charge in [-0.25, -0.2) is 0 Å². The van der Waals surface area contributed by atoms with Crippen molar-refractivity contribution >= 4 is 17.4 Å². The van der Waals surface area contributed by atoms with Gasteiger partial charge in [0.1, 0.15) is 29.9 Å². The van der Waals surface area contributed by atoms with Crippen LogP contribution in [0.2, 0.25) is 0 Å². The van der Waals surface area contributed by atoms with Gasteiger partial charge in [-0.3, -0.25) is 10.1 Å². The van der Waals surface area contributed by atoms with Crippen molar-refractivity contribution < 1.29 is 30.1 Å². The summed E-state index contributed by atoms with van der Waals surface area (Å²) >= 11 is 0.856. The van der Waals surface area contributed by atoms with E-state index in [1.54, 1.807) is 6.07 Å². The molecule has 1 aromatic rings. The van der Waals surface area contributed by atoms with E-state index < -0.39 is 41.4 Å². The summed E-state index contributed by atoms with van der Waals surface area (Å²) in [5.74, 6) is 0. The number of nitrogens with zero attached hydrogens (tertiary/aromatic N) is 1. The molecule has 1 aliphatic heterocycles. The van der Waals surface area contributed by atoms with Crippen LogP contribution in [0.3, 0.4) is 0 Å². The van der Waals surface area contributed by atoms with E-state index in [-0.39, 0.29) is 10.6 Å². The summed E-state index contributed by atoms with van der Waals surface area (Å²) in [6.07, 6.45) is -5.43. The van der Waals surface area contributed by atoms with Gasteiger partial charge in [0.15, 0.2) is 0 Å². The monoisotopic (exact) mass is 317 g/mol. The SMILES string of the molecule is O=[N+]([O-])c1ccccc1SC1OC(CO)C(O)C(O)C1O. The minimum absolute atomic E-state index is 0.153. The van der Waals surface area contributed by atoms with Crippen LogP contribution in [0.5, 0.6) is 0 Å². The molecule has 116 valence electrons. The highest BCUT2D eigenvalue weighted by Crippen LogP contribution is 2.37. The van der Waals surface area contributed by atoms with Crippen LogP contribution in [0.1, 0.15) is 0 Å². The lowest BCUT2D eigenvalue weighted by molar-refractivity contribution is -0.387. The van der Waals surface area contributed by atoms with E-state index in [2.05, 4.69) is 0 Å². The molecule has 21 heavy (non-hydrogen) atoms. The third-order valence-electron chi connectivity index (χ3n) is 3.15. The molecule has 5 unspecified atom stereocenters. The average Bonchev–Trinajstić information content (AvgIpc) is 2.48. The maximum atomic E-state index is 10.9. The lowest BCUT2D eigenvalue weighted by Crippen LogP contribution is -2.57. The van der Waals surface area contributed by atoms with E-state index in [1.165, 1.54) is 18.2 Å². The molecule has 1 saturated heterocycles. The molecule has 0 aliphatic carbocycles. The van der Waals surface area contributed by atoms with E-state index in [0.29, 0.717) is 0 Å². The number of para-hydroxylation sites is 1. The normalized spacial score (nSPS) is 32.9. The molecule has 5 atom stereocenters. The second-order valence-corrected chi connectivity index (χ2v) is 5.68. The predicted molar refractivity (Wildman–Crippen MR) is 72.7 cm³/mol. The number of rotatable bonds is 4. The number of thioether (sulfide) groups is 1. The summed E-state index contributed by atoms with van der Waals surface area (Å²) < 4.78 is 5.30. The minimum Gasteiger partial charge on any atom is -0.394 e. The van der Waals surface area contributed by atoms with Crippen molar-refractivity contribution in [1.82, 2.24) is 0 Å². The standard InChI is InChI=1S/C12H15NO7S/c14-5-7-9(15)10(16)11(17)12(20-7)21-8-4-2-1-3-6(8)13(18)19/h1-4,7,9-12,14-17H,5H2. The Bertz CT molecular complexity index is 512. The third kappa shape index (κ3) is 3.34. The van der Waals surface area contributed by atoms with E-state index >= 15 is 0 Å². The Morgan fingerprint density at radius 2 is 1.86 bits per heavy atom. The van der Waals surface area contributed by atoms with Crippen LogP contribution in [0.25, 0.3) is 0 Å². The van der Waals surface area contributed by atoms with Crippen molar-refractivity contribution in [1.29, 1.82) is 0 Å². The van der Waals surface area contributed by atoms with Crippen LogP contribution in [0, 0.1) is 10.1 Å². The van der Waals surface area contributed by atoms with Crippen LogP contribution in [0.4, 0.5) is 5.69 Å². The molecule has 0 aromatic heterocycles. The van der Waals surface area contributed by atoms with Gasteiger partial charge in [-0.1, -0.05) is 23.9 Å². The Kier molecular flexibility index (Phi) is 5.14. The fraction of sp³-hybridized carbons (Fsp3) is 0.500. The van der Waals surface area contributed by atoms with Crippen molar-refractivity contribution in [3.8, 4) is 0 Å². The fourth-order valence-corrected chi connectivity index (χ4v) is 3.17. The molecule has 1 aliphatic rings. The number of nitro groups is 1. The first-order chi connectivity index (χ1) is 9.95. The molecule has 9 heteroatoms. The Balaban J connectivity index is 2.20. The van der Waals surface area contributed by atoms with E-state index in [1.807, 2.05) is 0 Å². The van der Waals surface area contributed by atoms with Gasteiger partial charge in [-0.2, -0.15) is 0 Å². The summed E-state index contributed by atoms with van der Waals surface area (Å²) in [5.41, 5.74) is -1.19. The van der Waals surface area contributed by atoms with Crippen LogP contribution < -0.4 is 0 Å². The van der Waals surface area contributed by atoms with Crippen LogP contribution >= 0.6 is 11.8 Å². The first-order valence-corrected chi connectivity index (χ1v) is 7.04. The molecule has 2 rings (SSSR count). The Morgan fingerprint density at radius 3 is 2.48 bits per heavy atom. The molecule has 1 aromatic carbocycles. The lowest BCUT2D eigenvalue weighted by atomic mass is 10.0. The zero-order valence-corrected chi connectivity index (χ0v) is 11.6. The number of nitro benzene ring substituents is 1. The van der Waals surface area contributed by atoms with Crippen molar-refractivity contribution in [2.24, 2.45) is 0 Å². The zero-order valence-electron chi connectivity index (χ0n) is 10.8. The highest BCUT2D eigenvalue weighted by atomic mass is 32.2. The largest absolute Gasteiger partial charge is 0.394 e. The zero-order chi connectivity index (χ0) is 15.6. The first-order valence-electron chi connectivity index (χ1n) is 6.16. The third-order valence-corrected chi connectivity index (χ3v) is 4.37. The second-order valence-electron chi connectivity index (χ2n) is 4.54. The Hall–Kier alpha value is -1.23. The number of hydrogen-bond donors (Lipinski definition) is 4. The highest BCUT2D eigenvalue weighted by Gasteiger charge is 2.44. The van der Waals surface area contributed by atoms with Crippen molar-refractivity contribution in [2.75, 3.05) is 6.61 Å². The number of aliphatic hydroxyl groups excluding tert-OH is 4.